The molecule has 5 nitrogen and oxygen atoms in total. The lowest BCUT2D eigenvalue weighted by molar-refractivity contribution is -0.141. The molecule has 0 atom stereocenters. The van der Waals surface area contributed by atoms with Crippen molar-refractivity contribution in [3.63, 3.8) is 0 Å². The van der Waals surface area contributed by atoms with E-state index in [9.17, 15) is 4.79 Å². The van der Waals surface area contributed by atoms with Crippen LogP contribution in [0.25, 0.3) is 0 Å². The number of piperidine rings is 1. The van der Waals surface area contributed by atoms with E-state index >= 15 is 0 Å². The molecule has 0 saturated carbocycles. The van der Waals surface area contributed by atoms with E-state index in [1.807, 2.05) is 11.9 Å². The Balaban J connectivity index is 2.21. The molecule has 1 fully saturated rings. The van der Waals surface area contributed by atoms with Crippen LogP contribution in [0.5, 0.6) is 0 Å². The molecule has 0 aromatic rings. The van der Waals surface area contributed by atoms with Gasteiger partial charge in [-0.1, -0.05) is 6.58 Å². The lowest BCUT2D eigenvalue weighted by Crippen LogP contribution is -2.59. The summed E-state index contributed by atoms with van der Waals surface area (Å²) in [7, 11) is 1.92. The maximum absolute atomic E-state index is 11.0. The molecule has 5 heteroatoms. The summed E-state index contributed by atoms with van der Waals surface area (Å²) >= 11 is 0. The van der Waals surface area contributed by atoms with E-state index in [-0.39, 0.29) is 23.8 Å². The van der Waals surface area contributed by atoms with Crippen molar-refractivity contribution in [3.05, 3.63) is 12.7 Å². The molecule has 22 heavy (non-hydrogen) atoms. The number of hydrogen-bond donors (Lipinski definition) is 1. The Labute approximate surface area is 135 Å². The fraction of sp³-hybridized carbons (Fsp3) is 0.824. The first-order chi connectivity index (χ1) is 10.1. The summed E-state index contributed by atoms with van der Waals surface area (Å²) in [5.74, 6) is -0.387. The van der Waals surface area contributed by atoms with Crippen molar-refractivity contribution in [1.29, 1.82) is 0 Å². The smallest absolute Gasteiger partial charge is 0.331 e. The van der Waals surface area contributed by atoms with Crippen molar-refractivity contribution in [2.45, 2.75) is 64.1 Å². The second-order valence-electron chi connectivity index (χ2n) is 7.52. The predicted molar refractivity (Wildman–Crippen MR) is 88.7 cm³/mol. The molecule has 1 heterocycles. The van der Waals surface area contributed by atoms with Gasteiger partial charge in [0, 0.05) is 30.3 Å². The summed E-state index contributed by atoms with van der Waals surface area (Å²) in [4.78, 5) is 12.9. The Kier molecular flexibility index (Phi) is 7.03. The topological polar surface area (TPSA) is 50.8 Å². The van der Waals surface area contributed by atoms with Gasteiger partial charge >= 0.3 is 5.97 Å². The number of carbonyl (C=O) groups is 1. The molecule has 1 aliphatic heterocycles. The zero-order chi connectivity index (χ0) is 16.8. The highest BCUT2D eigenvalue weighted by atomic mass is 16.5. The zero-order valence-electron chi connectivity index (χ0n) is 14.8. The third kappa shape index (κ3) is 7.38. The van der Waals surface area contributed by atoms with Gasteiger partial charge in [0.15, 0.2) is 0 Å². The van der Waals surface area contributed by atoms with Gasteiger partial charge in [0.2, 0.25) is 0 Å². The van der Waals surface area contributed by atoms with Gasteiger partial charge in [-0.05, 0) is 54.0 Å². The minimum absolute atomic E-state index is 0.113. The fourth-order valence-corrected chi connectivity index (χ4v) is 3.23. The van der Waals surface area contributed by atoms with Crippen LogP contribution in [0.3, 0.4) is 0 Å². The molecular weight excluding hydrogens is 280 g/mol. The van der Waals surface area contributed by atoms with Crippen LogP contribution in [0.2, 0.25) is 0 Å². The first-order valence-corrected chi connectivity index (χ1v) is 8.02. The number of esters is 1. The second-order valence-corrected chi connectivity index (χ2v) is 7.52. The molecule has 1 saturated heterocycles. The van der Waals surface area contributed by atoms with E-state index < -0.39 is 0 Å². The van der Waals surface area contributed by atoms with Crippen LogP contribution in [0, 0.1) is 0 Å². The number of nitrogens with zero attached hydrogens (tertiary/aromatic N) is 1. The number of carbonyl (C=O) groups excluding carboxylic acids is 1. The number of nitrogens with one attached hydrogen (secondary N) is 1. The maximum Gasteiger partial charge on any atom is 0.331 e. The van der Waals surface area contributed by atoms with Crippen LogP contribution < -0.4 is 5.32 Å². The normalized spacial score (nSPS) is 20.8. The maximum atomic E-state index is 11.0. The van der Waals surface area contributed by atoms with Gasteiger partial charge in [-0.15, -0.1) is 0 Å². The molecule has 0 unspecified atom stereocenters. The molecule has 128 valence electrons. The molecule has 0 radical (unpaired) electrons. The molecule has 1 aliphatic rings. The Bertz CT molecular complexity index is 364. The summed E-state index contributed by atoms with van der Waals surface area (Å²) in [5, 5.41) is 3.66. The van der Waals surface area contributed by atoms with E-state index in [1.54, 1.807) is 0 Å². The third-order valence-electron chi connectivity index (χ3n) is 3.78. The minimum Gasteiger partial charge on any atom is -0.446 e. The van der Waals surface area contributed by atoms with Crippen LogP contribution in [0.4, 0.5) is 0 Å². The van der Waals surface area contributed by atoms with E-state index in [4.69, 9.17) is 9.47 Å². The fourth-order valence-electron chi connectivity index (χ4n) is 3.23. The average molecular weight is 312 g/mol. The Morgan fingerprint density at radius 1 is 1.32 bits per heavy atom. The van der Waals surface area contributed by atoms with Gasteiger partial charge < -0.3 is 14.8 Å². The lowest BCUT2D eigenvalue weighted by Gasteiger charge is -2.46. The van der Waals surface area contributed by atoms with Gasteiger partial charge in [0.05, 0.1) is 6.10 Å². The van der Waals surface area contributed by atoms with Crippen molar-refractivity contribution in [3.8, 4) is 0 Å². The van der Waals surface area contributed by atoms with Crippen molar-refractivity contribution in [2.24, 2.45) is 0 Å². The van der Waals surface area contributed by atoms with Gasteiger partial charge in [0.1, 0.15) is 6.73 Å². The predicted octanol–water partition coefficient (Wildman–Crippen LogP) is 2.32. The van der Waals surface area contributed by atoms with Crippen LogP contribution in [-0.2, 0) is 14.3 Å². The minimum atomic E-state index is -0.387. The van der Waals surface area contributed by atoms with E-state index in [1.165, 1.54) is 6.08 Å². The molecule has 0 aromatic heterocycles. The summed E-state index contributed by atoms with van der Waals surface area (Å²) in [6.07, 6.45) is 4.46. The first kappa shape index (κ1) is 19.1. The molecular formula is C17H32N2O3. The van der Waals surface area contributed by atoms with Crippen molar-refractivity contribution < 1.29 is 14.3 Å². The molecule has 0 amide bonds. The van der Waals surface area contributed by atoms with Crippen LogP contribution in [0.1, 0.15) is 47.0 Å². The quantitative estimate of drug-likeness (QED) is 0.323. The van der Waals surface area contributed by atoms with E-state index in [2.05, 4.69) is 39.6 Å². The van der Waals surface area contributed by atoms with Gasteiger partial charge in [-0.2, -0.15) is 0 Å². The Morgan fingerprint density at radius 3 is 2.45 bits per heavy atom. The number of ether oxygens (including phenoxy) is 2. The zero-order valence-corrected chi connectivity index (χ0v) is 14.8. The van der Waals surface area contributed by atoms with Crippen LogP contribution in [0.15, 0.2) is 12.7 Å². The van der Waals surface area contributed by atoms with Gasteiger partial charge in [-0.25, -0.2) is 4.79 Å². The number of rotatable bonds is 8. The highest BCUT2D eigenvalue weighted by Crippen LogP contribution is 2.30. The van der Waals surface area contributed by atoms with Gasteiger partial charge in [0.25, 0.3) is 0 Å². The van der Waals surface area contributed by atoms with E-state index in [0.717, 1.165) is 32.4 Å². The molecule has 0 spiro atoms. The summed E-state index contributed by atoms with van der Waals surface area (Å²) in [5.41, 5.74) is 0.226. The van der Waals surface area contributed by atoms with Crippen molar-refractivity contribution in [1.82, 2.24) is 10.2 Å². The first-order valence-electron chi connectivity index (χ1n) is 8.02. The summed E-state index contributed by atoms with van der Waals surface area (Å²) < 4.78 is 11.0. The highest BCUT2D eigenvalue weighted by molar-refractivity contribution is 5.81. The third-order valence-corrected chi connectivity index (χ3v) is 3.78. The Hall–Kier alpha value is -0.910. The van der Waals surface area contributed by atoms with E-state index in [0.29, 0.717) is 6.10 Å². The van der Waals surface area contributed by atoms with Gasteiger partial charge in [-0.3, -0.25) is 4.90 Å². The molecule has 1 N–H and O–H groups in total. The SMILES string of the molecule is C=CC(=O)OCN(C)CCCOC1CC(C)(C)NC(C)(C)C1. The van der Waals surface area contributed by atoms with Crippen LogP contribution in [-0.4, -0.2) is 55.0 Å². The lowest BCUT2D eigenvalue weighted by atomic mass is 9.81. The summed E-state index contributed by atoms with van der Waals surface area (Å²) in [6.45, 7) is 14.1. The van der Waals surface area contributed by atoms with Crippen molar-refractivity contribution >= 4 is 5.97 Å². The Morgan fingerprint density at radius 2 is 1.91 bits per heavy atom. The highest BCUT2D eigenvalue weighted by Gasteiger charge is 2.37. The monoisotopic (exact) mass is 312 g/mol. The standard InChI is InChI=1S/C17H32N2O3/c1-7-15(20)22-13-19(6)9-8-10-21-14-11-16(2,3)18-17(4,5)12-14/h7,14,18H,1,8-13H2,2-6H3. The summed E-state index contributed by atoms with van der Waals surface area (Å²) in [6, 6.07) is 0. The molecule has 0 bridgehead atoms. The molecule has 1 rings (SSSR count). The molecule has 0 aromatic carbocycles. The molecule has 0 aliphatic carbocycles. The van der Waals surface area contributed by atoms with Crippen LogP contribution >= 0.6 is 0 Å². The number of hydrogen-bond acceptors (Lipinski definition) is 5. The van der Waals surface area contributed by atoms with Crippen molar-refractivity contribution in [2.75, 3.05) is 26.9 Å². The second kappa shape index (κ2) is 8.09. The average Bonchev–Trinajstić information content (AvgIpc) is 2.37. The largest absolute Gasteiger partial charge is 0.446 e.